The highest BCUT2D eigenvalue weighted by Crippen LogP contribution is 2.31. The molecule has 20 heavy (non-hydrogen) atoms. The Morgan fingerprint density at radius 2 is 2.45 bits per heavy atom. The van der Waals surface area contributed by atoms with E-state index in [2.05, 4.69) is 9.97 Å². The number of hydrogen-bond donors (Lipinski definition) is 3. The Kier molecular flexibility index (Phi) is 3.02. The minimum atomic E-state index is -0.796. The highest BCUT2D eigenvalue weighted by molar-refractivity contribution is 5.82. The van der Waals surface area contributed by atoms with E-state index >= 15 is 0 Å². The topological polar surface area (TPSA) is 124 Å². The van der Waals surface area contributed by atoms with Crippen LogP contribution in [0.15, 0.2) is 17.3 Å². The number of aliphatic hydroxyl groups excluding tert-OH is 2. The summed E-state index contributed by atoms with van der Waals surface area (Å²) in [5, 5.41) is 28.1. The summed E-state index contributed by atoms with van der Waals surface area (Å²) in [6.45, 7) is -0.296. The number of ether oxygens (including phenoxy) is 1. The molecule has 2 aromatic heterocycles. The second-order valence-electron chi connectivity index (χ2n) is 4.61. The van der Waals surface area contributed by atoms with E-state index < -0.39 is 24.0 Å². The third-order valence-corrected chi connectivity index (χ3v) is 3.43. The predicted molar refractivity (Wildman–Crippen MR) is 66.7 cm³/mol. The third kappa shape index (κ3) is 1.80. The van der Waals surface area contributed by atoms with Gasteiger partial charge in [-0.05, 0) is 0 Å². The molecule has 3 rings (SSSR count). The predicted octanol–water partition coefficient (Wildman–Crippen LogP) is -0.763. The van der Waals surface area contributed by atoms with Gasteiger partial charge >= 0.3 is 0 Å². The van der Waals surface area contributed by atoms with Gasteiger partial charge in [0.2, 0.25) is 0 Å². The number of nitrogens with one attached hydrogen (secondary N) is 1. The van der Waals surface area contributed by atoms with Crippen LogP contribution in [0.2, 0.25) is 0 Å². The van der Waals surface area contributed by atoms with Gasteiger partial charge < -0.3 is 24.5 Å². The minimum absolute atomic E-state index is 0.194. The summed E-state index contributed by atoms with van der Waals surface area (Å²) in [7, 11) is 0. The van der Waals surface area contributed by atoms with Crippen LogP contribution in [0.3, 0.4) is 0 Å². The maximum absolute atomic E-state index is 11.8. The van der Waals surface area contributed by atoms with Crippen LogP contribution < -0.4 is 5.56 Å². The van der Waals surface area contributed by atoms with Crippen molar-refractivity contribution in [1.29, 1.82) is 5.26 Å². The van der Waals surface area contributed by atoms with Crippen LogP contribution in [0.25, 0.3) is 11.0 Å². The van der Waals surface area contributed by atoms with Gasteiger partial charge in [0.05, 0.1) is 24.6 Å². The van der Waals surface area contributed by atoms with E-state index in [0.717, 1.165) is 0 Å². The molecule has 0 spiro atoms. The van der Waals surface area contributed by atoms with Crippen LogP contribution in [-0.4, -0.2) is 43.6 Å². The lowest BCUT2D eigenvalue weighted by Crippen LogP contribution is -2.24. The van der Waals surface area contributed by atoms with Crippen molar-refractivity contribution in [3.05, 3.63) is 28.4 Å². The Morgan fingerprint density at radius 3 is 3.10 bits per heavy atom. The summed E-state index contributed by atoms with van der Waals surface area (Å²) in [6.07, 6.45) is 0.941. The van der Waals surface area contributed by atoms with E-state index in [4.69, 9.17) is 15.1 Å². The van der Waals surface area contributed by atoms with Crippen LogP contribution in [0, 0.1) is 11.3 Å². The van der Waals surface area contributed by atoms with Gasteiger partial charge in [-0.3, -0.25) is 4.79 Å². The lowest BCUT2D eigenvalue weighted by molar-refractivity contribution is -0.0430. The Hall–Kier alpha value is -2.21. The zero-order valence-corrected chi connectivity index (χ0v) is 10.4. The second-order valence-corrected chi connectivity index (χ2v) is 4.61. The average molecular weight is 276 g/mol. The molecule has 0 amide bonds. The summed E-state index contributed by atoms with van der Waals surface area (Å²) < 4.78 is 7.06. The Balaban J connectivity index is 2.12. The van der Waals surface area contributed by atoms with Crippen molar-refractivity contribution in [1.82, 2.24) is 14.5 Å². The van der Waals surface area contributed by atoms with E-state index in [1.165, 1.54) is 12.5 Å². The number of hydrogen-bond acceptors (Lipinski definition) is 6. The molecule has 0 unspecified atom stereocenters. The van der Waals surface area contributed by atoms with Gasteiger partial charge in [-0.2, -0.15) is 5.26 Å². The highest BCUT2D eigenvalue weighted by Gasteiger charge is 2.35. The van der Waals surface area contributed by atoms with Crippen molar-refractivity contribution in [2.45, 2.75) is 24.9 Å². The molecule has 1 aliphatic rings. The number of rotatable bonds is 2. The molecule has 3 N–H and O–H groups in total. The van der Waals surface area contributed by atoms with Crippen molar-refractivity contribution in [3.8, 4) is 6.07 Å². The number of aromatic amines is 1. The first kappa shape index (κ1) is 12.8. The average Bonchev–Trinajstić information content (AvgIpc) is 3.00. The van der Waals surface area contributed by atoms with Gasteiger partial charge in [0.1, 0.15) is 23.8 Å². The van der Waals surface area contributed by atoms with Gasteiger partial charge in [-0.25, -0.2) is 4.98 Å². The van der Waals surface area contributed by atoms with E-state index in [0.29, 0.717) is 5.65 Å². The van der Waals surface area contributed by atoms with Gasteiger partial charge in [-0.15, -0.1) is 0 Å². The normalized spacial score (nSPS) is 25.9. The molecule has 1 aliphatic heterocycles. The van der Waals surface area contributed by atoms with Gasteiger partial charge in [0.25, 0.3) is 5.56 Å². The van der Waals surface area contributed by atoms with Crippen LogP contribution >= 0.6 is 0 Å². The molecule has 0 aromatic carbocycles. The van der Waals surface area contributed by atoms with Crippen molar-refractivity contribution in [2.75, 3.05) is 6.61 Å². The maximum atomic E-state index is 11.8. The molecular formula is C12H12N4O4. The summed E-state index contributed by atoms with van der Waals surface area (Å²) in [6, 6.07) is 1.94. The number of nitriles is 1. The molecule has 3 heterocycles. The van der Waals surface area contributed by atoms with Gasteiger partial charge in [0, 0.05) is 12.6 Å². The summed E-state index contributed by atoms with van der Waals surface area (Å²) in [4.78, 5) is 18.3. The second kappa shape index (κ2) is 4.72. The summed E-state index contributed by atoms with van der Waals surface area (Å²) in [5.74, 6) is 0. The molecular weight excluding hydrogens is 264 g/mol. The zero-order valence-electron chi connectivity index (χ0n) is 10.4. The van der Waals surface area contributed by atoms with Crippen molar-refractivity contribution in [2.24, 2.45) is 0 Å². The maximum Gasteiger partial charge on any atom is 0.261 e. The first-order valence-corrected chi connectivity index (χ1v) is 6.08. The molecule has 8 heteroatoms. The smallest absolute Gasteiger partial charge is 0.261 e. The third-order valence-electron chi connectivity index (χ3n) is 3.43. The molecule has 0 saturated carbocycles. The standard InChI is InChI=1S/C12H12N4O4/c13-2-6-3-16(9-1-7(18)8(4-17)20-9)11-10(6)12(19)15-5-14-11/h3,5,7-9,17-18H,1,4H2,(H,14,15,19)/t7-,8+,9+/m0/s1. The van der Waals surface area contributed by atoms with Crippen LogP contribution in [0.1, 0.15) is 18.2 Å². The SMILES string of the molecule is N#Cc1cn([C@H]2C[C@H](O)[C@@H](CO)O2)c2nc[nH]c(=O)c12. The molecule has 3 atom stereocenters. The quantitative estimate of drug-likeness (QED) is 0.662. The first-order valence-electron chi connectivity index (χ1n) is 6.08. The zero-order chi connectivity index (χ0) is 14.3. The van der Waals surface area contributed by atoms with Crippen molar-refractivity contribution >= 4 is 11.0 Å². The highest BCUT2D eigenvalue weighted by atomic mass is 16.5. The van der Waals surface area contributed by atoms with E-state index in [1.807, 2.05) is 6.07 Å². The molecule has 104 valence electrons. The van der Waals surface area contributed by atoms with E-state index in [1.54, 1.807) is 4.57 Å². The minimum Gasteiger partial charge on any atom is -0.394 e. The lowest BCUT2D eigenvalue weighted by Gasteiger charge is -2.14. The van der Waals surface area contributed by atoms with Crippen LogP contribution in [0.5, 0.6) is 0 Å². The Labute approximate surface area is 112 Å². The molecule has 0 aliphatic carbocycles. The van der Waals surface area contributed by atoms with E-state index in [-0.39, 0.29) is 24.0 Å². The fourth-order valence-corrected chi connectivity index (χ4v) is 2.45. The molecule has 1 fully saturated rings. The molecule has 1 saturated heterocycles. The monoisotopic (exact) mass is 276 g/mol. The van der Waals surface area contributed by atoms with Crippen LogP contribution in [-0.2, 0) is 4.74 Å². The molecule has 0 bridgehead atoms. The number of nitrogens with zero attached hydrogens (tertiary/aromatic N) is 3. The molecule has 0 radical (unpaired) electrons. The fourth-order valence-electron chi connectivity index (χ4n) is 2.45. The fraction of sp³-hybridized carbons (Fsp3) is 0.417. The largest absolute Gasteiger partial charge is 0.394 e. The van der Waals surface area contributed by atoms with E-state index in [9.17, 15) is 9.90 Å². The summed E-state index contributed by atoms with van der Waals surface area (Å²) >= 11 is 0. The first-order chi connectivity index (χ1) is 9.65. The number of aromatic nitrogens is 3. The number of H-pyrrole nitrogens is 1. The number of fused-ring (bicyclic) bond motifs is 1. The van der Waals surface area contributed by atoms with Crippen LogP contribution in [0.4, 0.5) is 0 Å². The Bertz CT molecular complexity index is 744. The lowest BCUT2D eigenvalue weighted by atomic mass is 10.2. The number of aliphatic hydroxyl groups is 2. The van der Waals surface area contributed by atoms with Crippen molar-refractivity contribution in [3.63, 3.8) is 0 Å². The molecule has 8 nitrogen and oxygen atoms in total. The molecule has 2 aromatic rings. The van der Waals surface area contributed by atoms with Gasteiger partial charge in [-0.1, -0.05) is 0 Å². The van der Waals surface area contributed by atoms with Gasteiger partial charge in [0.15, 0.2) is 5.65 Å². The summed E-state index contributed by atoms with van der Waals surface area (Å²) in [5.41, 5.74) is 0.114. The Morgan fingerprint density at radius 1 is 1.65 bits per heavy atom. The van der Waals surface area contributed by atoms with Crippen molar-refractivity contribution < 1.29 is 14.9 Å².